The molecule has 2 aromatic heterocycles. The number of hydrogen-bond acceptors (Lipinski definition) is 8. The second-order valence-electron chi connectivity index (χ2n) is 7.30. The first-order valence-corrected chi connectivity index (χ1v) is 10.2. The third-order valence-electron chi connectivity index (χ3n) is 5.17. The largest absolute Gasteiger partial charge is 0.465 e. The van der Waals surface area contributed by atoms with E-state index in [9.17, 15) is 22.8 Å². The van der Waals surface area contributed by atoms with Crippen molar-refractivity contribution in [3.63, 3.8) is 0 Å². The van der Waals surface area contributed by atoms with E-state index < -0.39 is 18.0 Å². The van der Waals surface area contributed by atoms with Crippen molar-refractivity contribution in [2.75, 3.05) is 51.4 Å². The van der Waals surface area contributed by atoms with E-state index in [1.54, 1.807) is 13.0 Å². The number of methoxy groups -OCH3 is 1. The molecule has 1 fully saturated rings. The maximum Gasteiger partial charge on any atom is 0.453 e. The molecule has 1 aliphatic rings. The number of esters is 1. The molecule has 3 heterocycles. The lowest BCUT2D eigenvalue weighted by Crippen LogP contribution is -2.46. The predicted molar refractivity (Wildman–Crippen MR) is 106 cm³/mol. The Kier molecular flexibility index (Phi) is 7.48. The number of hydrogen-bond donors (Lipinski definition) is 0. The van der Waals surface area contributed by atoms with Crippen LogP contribution in [0.25, 0.3) is 5.65 Å². The van der Waals surface area contributed by atoms with Gasteiger partial charge in [-0.2, -0.15) is 17.7 Å². The van der Waals surface area contributed by atoms with Gasteiger partial charge in [-0.05, 0) is 31.9 Å². The minimum absolute atomic E-state index is 0.00103. The smallest absolute Gasteiger partial charge is 0.453 e. The Morgan fingerprint density at radius 2 is 1.94 bits per heavy atom. The highest BCUT2D eigenvalue weighted by atomic mass is 19.4. The van der Waals surface area contributed by atoms with E-state index in [1.807, 2.05) is 4.90 Å². The normalized spacial score (nSPS) is 15.2. The fourth-order valence-electron chi connectivity index (χ4n) is 3.57. The number of aromatic nitrogens is 4. The zero-order valence-electron chi connectivity index (χ0n) is 17.8. The van der Waals surface area contributed by atoms with Gasteiger partial charge in [0, 0.05) is 32.7 Å². The number of carbonyl (C=O) groups is 2. The van der Waals surface area contributed by atoms with Gasteiger partial charge in [-0.15, -0.1) is 15.3 Å². The monoisotopic (exact) mass is 458 g/mol. The van der Waals surface area contributed by atoms with Gasteiger partial charge in [-0.1, -0.05) is 0 Å². The number of carbonyl (C=O) groups excluding carboxylic acids is 2. The van der Waals surface area contributed by atoms with Gasteiger partial charge < -0.3 is 19.3 Å². The van der Waals surface area contributed by atoms with E-state index in [-0.39, 0.29) is 43.8 Å². The van der Waals surface area contributed by atoms with Gasteiger partial charge in [0.1, 0.15) is 12.4 Å². The summed E-state index contributed by atoms with van der Waals surface area (Å²) in [6.07, 6.45) is -3.73. The summed E-state index contributed by atoms with van der Waals surface area (Å²) < 4.78 is 50.0. The Hall–Kier alpha value is -2.96. The van der Waals surface area contributed by atoms with E-state index in [4.69, 9.17) is 9.47 Å². The number of halogens is 3. The summed E-state index contributed by atoms with van der Waals surface area (Å²) in [6, 6.07) is 3.01. The van der Waals surface area contributed by atoms with Crippen LogP contribution in [0.4, 0.5) is 19.0 Å². The molecule has 0 bridgehead atoms. The summed E-state index contributed by atoms with van der Waals surface area (Å²) in [7, 11) is 1.51. The van der Waals surface area contributed by atoms with Gasteiger partial charge in [0.05, 0.1) is 13.2 Å². The van der Waals surface area contributed by atoms with Crippen LogP contribution < -0.4 is 4.90 Å². The molecule has 0 radical (unpaired) electrons. The van der Waals surface area contributed by atoms with E-state index in [2.05, 4.69) is 15.3 Å². The fourth-order valence-corrected chi connectivity index (χ4v) is 3.57. The molecule has 1 aliphatic heterocycles. The average molecular weight is 458 g/mol. The molecular formula is C19H25F3N6O4. The number of ether oxygens (including phenoxy) is 2. The van der Waals surface area contributed by atoms with Crippen LogP contribution in [0.2, 0.25) is 0 Å². The number of rotatable bonds is 8. The van der Waals surface area contributed by atoms with E-state index >= 15 is 0 Å². The number of alkyl halides is 3. The molecule has 13 heteroatoms. The first-order chi connectivity index (χ1) is 15.2. The van der Waals surface area contributed by atoms with Crippen molar-refractivity contribution < 1.29 is 32.2 Å². The van der Waals surface area contributed by atoms with Gasteiger partial charge in [0.2, 0.25) is 5.91 Å². The molecule has 32 heavy (non-hydrogen) atoms. The van der Waals surface area contributed by atoms with Crippen LogP contribution in [-0.4, -0.2) is 83.1 Å². The number of nitrogens with zero attached hydrogens (tertiary/aromatic N) is 6. The molecule has 0 saturated carbocycles. The molecule has 176 valence electrons. The van der Waals surface area contributed by atoms with Crippen LogP contribution in [0.3, 0.4) is 0 Å². The lowest BCUT2D eigenvalue weighted by Gasteiger charge is -2.34. The van der Waals surface area contributed by atoms with Gasteiger partial charge in [0.15, 0.2) is 5.65 Å². The second-order valence-corrected chi connectivity index (χ2v) is 7.30. The molecule has 0 aliphatic carbocycles. The standard InChI is InChI=1S/C19H25F3N6O4/c1-3-32-16(29)12-27(10-11-31-2)17(30)13-6-8-26(9-7-13)15-5-4-14-23-24-18(19(20,21)22)28(14)25-15/h4-5,13H,3,6-12H2,1-2H3. The summed E-state index contributed by atoms with van der Waals surface area (Å²) >= 11 is 0. The second kappa shape index (κ2) is 10.1. The lowest BCUT2D eigenvalue weighted by molar-refractivity contribution is -0.151. The van der Waals surface area contributed by atoms with Crippen molar-refractivity contribution >= 4 is 23.3 Å². The van der Waals surface area contributed by atoms with Crippen LogP contribution in [-0.2, 0) is 25.2 Å². The lowest BCUT2D eigenvalue weighted by atomic mass is 9.95. The summed E-state index contributed by atoms with van der Waals surface area (Å²) in [5.41, 5.74) is -0.00103. The fraction of sp³-hybridized carbons (Fsp3) is 0.632. The molecule has 0 aromatic carbocycles. The minimum atomic E-state index is -4.67. The van der Waals surface area contributed by atoms with Crippen molar-refractivity contribution in [3.05, 3.63) is 18.0 Å². The summed E-state index contributed by atoms with van der Waals surface area (Å²) in [4.78, 5) is 28.1. The summed E-state index contributed by atoms with van der Waals surface area (Å²) in [5.74, 6) is -1.82. The molecular weight excluding hydrogens is 433 g/mol. The first kappa shape index (κ1) is 23.7. The van der Waals surface area contributed by atoms with Crippen molar-refractivity contribution in [2.45, 2.75) is 25.9 Å². The first-order valence-electron chi connectivity index (χ1n) is 10.2. The number of amides is 1. The third-order valence-corrected chi connectivity index (χ3v) is 5.17. The topological polar surface area (TPSA) is 102 Å². The van der Waals surface area contributed by atoms with E-state index in [0.717, 1.165) is 0 Å². The molecule has 0 spiro atoms. The van der Waals surface area contributed by atoms with E-state index in [0.29, 0.717) is 36.3 Å². The molecule has 10 nitrogen and oxygen atoms in total. The quantitative estimate of drug-likeness (QED) is 0.547. The number of anilines is 1. The molecule has 1 saturated heterocycles. The highest BCUT2D eigenvalue weighted by Gasteiger charge is 2.38. The van der Waals surface area contributed by atoms with Crippen molar-refractivity contribution in [2.24, 2.45) is 5.92 Å². The molecule has 0 N–H and O–H groups in total. The number of fused-ring (bicyclic) bond motifs is 1. The van der Waals surface area contributed by atoms with Crippen LogP contribution >= 0.6 is 0 Å². The van der Waals surface area contributed by atoms with Crippen LogP contribution in [0.1, 0.15) is 25.6 Å². The molecule has 1 amide bonds. The summed E-state index contributed by atoms with van der Waals surface area (Å²) in [5, 5.41) is 10.7. The molecule has 2 aromatic rings. The van der Waals surface area contributed by atoms with E-state index in [1.165, 1.54) is 18.1 Å². The third kappa shape index (κ3) is 5.44. The van der Waals surface area contributed by atoms with Crippen molar-refractivity contribution in [1.82, 2.24) is 24.7 Å². The van der Waals surface area contributed by atoms with Crippen LogP contribution in [0, 0.1) is 5.92 Å². The van der Waals surface area contributed by atoms with Gasteiger partial charge in [-0.3, -0.25) is 9.59 Å². The van der Waals surface area contributed by atoms with Crippen molar-refractivity contribution in [3.8, 4) is 0 Å². The Balaban J connectivity index is 1.66. The SMILES string of the molecule is CCOC(=O)CN(CCOC)C(=O)C1CCN(c2ccc3nnc(C(F)(F)F)n3n2)CC1. The van der Waals surface area contributed by atoms with Crippen molar-refractivity contribution in [1.29, 1.82) is 0 Å². The van der Waals surface area contributed by atoms with Gasteiger partial charge >= 0.3 is 12.1 Å². The average Bonchev–Trinajstić information content (AvgIpc) is 3.20. The van der Waals surface area contributed by atoms with Gasteiger partial charge in [0.25, 0.3) is 5.82 Å². The predicted octanol–water partition coefficient (Wildman–Crippen LogP) is 1.40. The molecule has 3 rings (SSSR count). The van der Waals surface area contributed by atoms with Crippen LogP contribution in [0.15, 0.2) is 12.1 Å². The Bertz CT molecular complexity index is 943. The molecule has 0 atom stereocenters. The van der Waals surface area contributed by atoms with Crippen LogP contribution in [0.5, 0.6) is 0 Å². The zero-order valence-corrected chi connectivity index (χ0v) is 17.8. The zero-order chi connectivity index (χ0) is 23.3. The Labute approximate surface area is 182 Å². The summed E-state index contributed by atoms with van der Waals surface area (Å²) in [6.45, 7) is 3.17. The Morgan fingerprint density at radius 1 is 1.22 bits per heavy atom. The maximum atomic E-state index is 13.1. The number of piperidine rings is 1. The highest BCUT2D eigenvalue weighted by molar-refractivity contribution is 5.84. The minimum Gasteiger partial charge on any atom is -0.465 e. The maximum absolute atomic E-state index is 13.1. The molecule has 0 unspecified atom stereocenters. The van der Waals surface area contributed by atoms with Gasteiger partial charge in [-0.25, -0.2) is 0 Å². The Morgan fingerprint density at radius 3 is 2.56 bits per heavy atom. The highest BCUT2D eigenvalue weighted by Crippen LogP contribution is 2.29.